The summed E-state index contributed by atoms with van der Waals surface area (Å²) in [5, 5.41) is 5.52. The third-order valence-electron chi connectivity index (χ3n) is 7.07. The van der Waals surface area contributed by atoms with Crippen molar-refractivity contribution in [1.29, 1.82) is 0 Å². The standard InChI is InChI=1S/C35H29Cl2N3O4S/c1-21(2)23-13-11-22(12-14-23)17-29(39-33(42)24-7-4-3-5-8-24)34(43)38-26-9-6-10-27(19-26)45-31-20-32(41)40(35(31)44)30-18-25(36)15-16-28(30)37/h3-19,21,31H,20H2,1-2H3,(H,38,43)(H,39,42)/b29-17-. The molecule has 1 saturated heterocycles. The molecule has 1 unspecified atom stereocenters. The highest BCUT2D eigenvalue weighted by atomic mass is 35.5. The Morgan fingerprint density at radius 1 is 0.911 bits per heavy atom. The van der Waals surface area contributed by atoms with Crippen LogP contribution in [-0.4, -0.2) is 28.9 Å². The molecule has 0 bridgehead atoms. The molecule has 45 heavy (non-hydrogen) atoms. The van der Waals surface area contributed by atoms with Crippen molar-refractivity contribution < 1.29 is 19.2 Å². The molecule has 228 valence electrons. The van der Waals surface area contributed by atoms with Crippen LogP contribution in [0.3, 0.4) is 0 Å². The van der Waals surface area contributed by atoms with Gasteiger partial charge in [0.05, 0.1) is 16.0 Å². The monoisotopic (exact) mass is 657 g/mol. The Balaban J connectivity index is 1.34. The van der Waals surface area contributed by atoms with Gasteiger partial charge in [-0.05, 0) is 71.7 Å². The number of nitrogens with zero attached hydrogens (tertiary/aromatic N) is 1. The Kier molecular flexibility index (Phi) is 10.1. The van der Waals surface area contributed by atoms with E-state index in [-0.39, 0.29) is 28.7 Å². The zero-order valence-electron chi connectivity index (χ0n) is 24.4. The van der Waals surface area contributed by atoms with E-state index >= 15 is 0 Å². The van der Waals surface area contributed by atoms with Gasteiger partial charge in [0.2, 0.25) is 11.8 Å². The Morgan fingerprint density at radius 2 is 1.64 bits per heavy atom. The zero-order chi connectivity index (χ0) is 32.1. The van der Waals surface area contributed by atoms with Gasteiger partial charge in [0.25, 0.3) is 11.8 Å². The van der Waals surface area contributed by atoms with E-state index in [1.54, 1.807) is 66.7 Å². The second-order valence-electron chi connectivity index (χ2n) is 10.7. The van der Waals surface area contributed by atoms with E-state index in [2.05, 4.69) is 24.5 Å². The summed E-state index contributed by atoms with van der Waals surface area (Å²) >= 11 is 13.6. The maximum absolute atomic E-state index is 13.5. The number of benzene rings is 4. The van der Waals surface area contributed by atoms with Crippen molar-refractivity contribution in [3.05, 3.63) is 129 Å². The largest absolute Gasteiger partial charge is 0.321 e. The molecule has 1 heterocycles. The fourth-order valence-corrected chi connectivity index (χ4v) is 6.18. The number of halogens is 2. The van der Waals surface area contributed by atoms with Crippen LogP contribution >= 0.6 is 35.0 Å². The van der Waals surface area contributed by atoms with E-state index in [4.69, 9.17) is 23.2 Å². The van der Waals surface area contributed by atoms with Crippen LogP contribution in [0, 0.1) is 0 Å². The first kappa shape index (κ1) is 32.0. The summed E-state index contributed by atoms with van der Waals surface area (Å²) in [6.07, 6.45) is 1.61. The molecule has 0 aromatic heterocycles. The number of imide groups is 1. The fourth-order valence-electron chi connectivity index (χ4n) is 4.70. The SMILES string of the molecule is CC(C)c1ccc(/C=C(\NC(=O)c2ccccc2)C(=O)Nc2cccc(SC3CC(=O)N(c4cc(Cl)ccc4Cl)C3=O)c2)cc1. The van der Waals surface area contributed by atoms with Gasteiger partial charge < -0.3 is 10.6 Å². The molecule has 0 radical (unpaired) electrons. The van der Waals surface area contributed by atoms with Crippen LogP contribution in [-0.2, 0) is 14.4 Å². The van der Waals surface area contributed by atoms with Gasteiger partial charge in [0.15, 0.2) is 0 Å². The summed E-state index contributed by atoms with van der Waals surface area (Å²) in [4.78, 5) is 54.4. The smallest absolute Gasteiger partial charge is 0.272 e. The Labute approximate surface area is 275 Å². The Bertz CT molecular complexity index is 1790. The van der Waals surface area contributed by atoms with Gasteiger partial charge in [-0.15, -0.1) is 11.8 Å². The molecular formula is C35H29Cl2N3O4S. The van der Waals surface area contributed by atoms with E-state index in [9.17, 15) is 19.2 Å². The van der Waals surface area contributed by atoms with Crippen molar-refractivity contribution in [2.75, 3.05) is 10.2 Å². The summed E-state index contributed by atoms with van der Waals surface area (Å²) in [6.45, 7) is 4.20. The number of carbonyl (C=O) groups excluding carboxylic acids is 4. The Morgan fingerprint density at radius 3 is 2.36 bits per heavy atom. The molecule has 4 aromatic carbocycles. The molecule has 1 fully saturated rings. The first-order valence-electron chi connectivity index (χ1n) is 14.2. The summed E-state index contributed by atoms with van der Waals surface area (Å²) in [5.74, 6) is -1.38. The minimum absolute atomic E-state index is 0.0169. The molecule has 10 heteroatoms. The lowest BCUT2D eigenvalue weighted by atomic mass is 10.0. The lowest BCUT2D eigenvalue weighted by Gasteiger charge is -2.17. The predicted molar refractivity (Wildman–Crippen MR) is 181 cm³/mol. The number of nitrogens with one attached hydrogen (secondary N) is 2. The van der Waals surface area contributed by atoms with E-state index in [0.717, 1.165) is 16.0 Å². The van der Waals surface area contributed by atoms with E-state index in [1.807, 2.05) is 24.3 Å². The number of carbonyl (C=O) groups is 4. The molecule has 0 spiro atoms. The first-order valence-corrected chi connectivity index (χ1v) is 15.8. The van der Waals surface area contributed by atoms with Crippen LogP contribution in [0.5, 0.6) is 0 Å². The van der Waals surface area contributed by atoms with Crippen LogP contribution in [0.2, 0.25) is 10.0 Å². The first-order chi connectivity index (χ1) is 21.6. The maximum Gasteiger partial charge on any atom is 0.272 e. The number of hydrogen-bond acceptors (Lipinski definition) is 5. The van der Waals surface area contributed by atoms with Crippen molar-refractivity contribution in [3.8, 4) is 0 Å². The zero-order valence-corrected chi connectivity index (χ0v) is 26.7. The maximum atomic E-state index is 13.5. The van der Waals surface area contributed by atoms with E-state index < -0.39 is 23.0 Å². The minimum atomic E-state index is -0.687. The lowest BCUT2D eigenvalue weighted by molar-refractivity contribution is -0.121. The number of amides is 4. The molecule has 0 saturated carbocycles. The van der Waals surface area contributed by atoms with Crippen molar-refractivity contribution >= 4 is 76.0 Å². The van der Waals surface area contributed by atoms with Crippen LogP contribution in [0.25, 0.3) is 6.08 Å². The normalized spacial score (nSPS) is 15.0. The van der Waals surface area contributed by atoms with Gasteiger partial charge >= 0.3 is 0 Å². The van der Waals surface area contributed by atoms with Crippen LogP contribution < -0.4 is 15.5 Å². The molecule has 1 atom stereocenters. The van der Waals surface area contributed by atoms with Gasteiger partial charge in [-0.2, -0.15) is 0 Å². The van der Waals surface area contributed by atoms with Crippen LogP contribution in [0.1, 0.15) is 47.7 Å². The number of thioether (sulfide) groups is 1. The molecular weight excluding hydrogens is 629 g/mol. The summed E-state index contributed by atoms with van der Waals surface area (Å²) in [5.41, 5.74) is 3.07. The average Bonchev–Trinajstić information content (AvgIpc) is 3.30. The van der Waals surface area contributed by atoms with Crippen molar-refractivity contribution in [2.45, 2.75) is 36.3 Å². The molecule has 1 aliphatic rings. The van der Waals surface area contributed by atoms with Gasteiger partial charge in [-0.1, -0.05) is 85.6 Å². The Hall–Kier alpha value is -4.37. The van der Waals surface area contributed by atoms with Gasteiger partial charge in [-0.3, -0.25) is 19.2 Å². The number of rotatable bonds is 9. The molecule has 0 aliphatic carbocycles. The van der Waals surface area contributed by atoms with Crippen molar-refractivity contribution in [2.24, 2.45) is 0 Å². The third-order valence-corrected chi connectivity index (χ3v) is 8.80. The molecule has 2 N–H and O–H groups in total. The highest BCUT2D eigenvalue weighted by Gasteiger charge is 2.41. The average molecular weight is 659 g/mol. The fraction of sp³-hybridized carbons (Fsp3) is 0.143. The number of anilines is 2. The molecule has 5 rings (SSSR count). The predicted octanol–water partition coefficient (Wildman–Crippen LogP) is 7.95. The summed E-state index contributed by atoms with van der Waals surface area (Å²) in [7, 11) is 0. The topological polar surface area (TPSA) is 95.6 Å². The van der Waals surface area contributed by atoms with E-state index in [0.29, 0.717) is 27.1 Å². The lowest BCUT2D eigenvalue weighted by Crippen LogP contribution is -2.31. The highest BCUT2D eigenvalue weighted by molar-refractivity contribution is 8.00. The quantitative estimate of drug-likeness (QED) is 0.141. The van der Waals surface area contributed by atoms with Crippen LogP contribution in [0.4, 0.5) is 11.4 Å². The second kappa shape index (κ2) is 14.2. The van der Waals surface area contributed by atoms with E-state index in [1.165, 1.54) is 23.9 Å². The second-order valence-corrected chi connectivity index (χ2v) is 12.8. The molecule has 4 amide bonds. The van der Waals surface area contributed by atoms with Crippen molar-refractivity contribution in [1.82, 2.24) is 5.32 Å². The molecule has 7 nitrogen and oxygen atoms in total. The molecule has 1 aliphatic heterocycles. The minimum Gasteiger partial charge on any atom is -0.321 e. The van der Waals surface area contributed by atoms with Gasteiger partial charge in [0, 0.05) is 27.6 Å². The van der Waals surface area contributed by atoms with Crippen LogP contribution in [0.15, 0.2) is 108 Å². The van der Waals surface area contributed by atoms with Gasteiger partial charge in [-0.25, -0.2) is 4.90 Å². The summed E-state index contributed by atoms with van der Waals surface area (Å²) in [6, 6.07) is 28.0. The summed E-state index contributed by atoms with van der Waals surface area (Å²) < 4.78 is 0. The number of hydrogen-bond donors (Lipinski definition) is 2. The molecule has 4 aromatic rings. The van der Waals surface area contributed by atoms with Gasteiger partial charge in [0.1, 0.15) is 5.70 Å². The van der Waals surface area contributed by atoms with Crippen molar-refractivity contribution in [3.63, 3.8) is 0 Å². The third kappa shape index (κ3) is 7.84. The highest BCUT2D eigenvalue weighted by Crippen LogP contribution is 2.38.